The Kier molecular flexibility index (Phi) is 5.86. The third-order valence-corrected chi connectivity index (χ3v) is 4.27. The molecule has 0 spiro atoms. The first kappa shape index (κ1) is 18.4. The fourth-order valence-corrected chi connectivity index (χ4v) is 2.94. The molecule has 0 aliphatic heterocycles. The van der Waals surface area contributed by atoms with Crippen LogP contribution in [0.2, 0.25) is 10.0 Å². The molecule has 0 aliphatic carbocycles. The van der Waals surface area contributed by atoms with Gasteiger partial charge in [-0.25, -0.2) is 4.79 Å². The first-order chi connectivity index (χ1) is 12.6. The summed E-state index contributed by atoms with van der Waals surface area (Å²) in [5.41, 5.74) is 2.19. The Balaban J connectivity index is 1.64. The van der Waals surface area contributed by atoms with Crippen molar-refractivity contribution in [1.82, 2.24) is 0 Å². The van der Waals surface area contributed by atoms with Crippen molar-refractivity contribution < 1.29 is 13.9 Å². The van der Waals surface area contributed by atoms with Gasteiger partial charge in [0.25, 0.3) is 0 Å². The van der Waals surface area contributed by atoms with Crippen molar-refractivity contribution in [2.45, 2.75) is 13.5 Å². The number of rotatable bonds is 6. The van der Waals surface area contributed by atoms with Gasteiger partial charge in [0.2, 0.25) is 0 Å². The zero-order valence-corrected chi connectivity index (χ0v) is 15.6. The Bertz CT molecular complexity index is 904. The number of furan rings is 1. The van der Waals surface area contributed by atoms with Gasteiger partial charge in [0.1, 0.15) is 11.5 Å². The highest BCUT2D eigenvalue weighted by atomic mass is 35.5. The van der Waals surface area contributed by atoms with Gasteiger partial charge in [-0.05, 0) is 61.5 Å². The molecule has 0 aliphatic rings. The van der Waals surface area contributed by atoms with Crippen LogP contribution in [0.25, 0.3) is 11.3 Å². The zero-order valence-electron chi connectivity index (χ0n) is 14.1. The number of hydrogen-bond donors (Lipinski definition) is 1. The molecule has 0 radical (unpaired) electrons. The zero-order chi connectivity index (χ0) is 18.5. The second kappa shape index (κ2) is 8.30. The maximum Gasteiger partial charge on any atom is 0.338 e. The SMILES string of the molecule is CCOC(=O)c1ccc(NCc2ccc(-c3ccc(Cl)cc3Cl)o2)cc1. The highest BCUT2D eigenvalue weighted by Gasteiger charge is 2.10. The number of esters is 1. The largest absolute Gasteiger partial charge is 0.462 e. The molecule has 0 saturated heterocycles. The average molecular weight is 390 g/mol. The average Bonchev–Trinajstić information content (AvgIpc) is 3.09. The number of halogens is 2. The summed E-state index contributed by atoms with van der Waals surface area (Å²) < 4.78 is 10.8. The number of anilines is 1. The molecule has 4 nitrogen and oxygen atoms in total. The monoisotopic (exact) mass is 389 g/mol. The van der Waals surface area contributed by atoms with Crippen LogP contribution in [0, 0.1) is 0 Å². The van der Waals surface area contributed by atoms with Gasteiger partial charge in [0, 0.05) is 16.3 Å². The lowest BCUT2D eigenvalue weighted by molar-refractivity contribution is 0.0526. The van der Waals surface area contributed by atoms with Crippen LogP contribution >= 0.6 is 23.2 Å². The smallest absolute Gasteiger partial charge is 0.338 e. The second-order valence-corrected chi connectivity index (χ2v) is 6.39. The van der Waals surface area contributed by atoms with E-state index in [4.69, 9.17) is 32.4 Å². The number of nitrogens with one attached hydrogen (secondary N) is 1. The van der Waals surface area contributed by atoms with E-state index in [2.05, 4.69) is 5.32 Å². The predicted octanol–water partition coefficient (Wildman–Crippen LogP) is 6.04. The third kappa shape index (κ3) is 4.40. The van der Waals surface area contributed by atoms with Crippen molar-refractivity contribution in [2.24, 2.45) is 0 Å². The molecule has 1 heterocycles. The van der Waals surface area contributed by atoms with E-state index < -0.39 is 0 Å². The molecule has 0 atom stereocenters. The minimum absolute atomic E-state index is 0.324. The van der Waals surface area contributed by atoms with E-state index in [1.165, 1.54) is 0 Å². The van der Waals surface area contributed by atoms with Crippen LogP contribution in [0.15, 0.2) is 59.0 Å². The summed E-state index contributed by atoms with van der Waals surface area (Å²) in [5, 5.41) is 4.37. The van der Waals surface area contributed by atoms with E-state index in [0.717, 1.165) is 17.0 Å². The minimum Gasteiger partial charge on any atom is -0.462 e. The Labute approximate surface area is 161 Å². The molecule has 1 aromatic heterocycles. The van der Waals surface area contributed by atoms with Gasteiger partial charge in [0.15, 0.2) is 0 Å². The van der Waals surface area contributed by atoms with Crippen LogP contribution in [0.4, 0.5) is 5.69 Å². The summed E-state index contributed by atoms with van der Waals surface area (Å²) in [6.45, 7) is 2.64. The maximum absolute atomic E-state index is 11.6. The Hall–Kier alpha value is -2.43. The molecule has 0 bridgehead atoms. The summed E-state index contributed by atoms with van der Waals surface area (Å²) in [7, 11) is 0. The third-order valence-electron chi connectivity index (χ3n) is 3.72. The normalized spacial score (nSPS) is 10.6. The first-order valence-corrected chi connectivity index (χ1v) is 8.87. The number of benzene rings is 2. The van der Waals surface area contributed by atoms with E-state index in [1.807, 2.05) is 30.3 Å². The first-order valence-electron chi connectivity index (χ1n) is 8.12. The molecule has 0 fully saturated rings. The summed E-state index contributed by atoms with van der Waals surface area (Å²) in [4.78, 5) is 11.6. The lowest BCUT2D eigenvalue weighted by atomic mass is 10.2. The molecule has 0 saturated carbocycles. The van der Waals surface area contributed by atoms with Crippen LogP contribution in [-0.4, -0.2) is 12.6 Å². The van der Waals surface area contributed by atoms with Crippen LogP contribution < -0.4 is 5.32 Å². The lowest BCUT2D eigenvalue weighted by Gasteiger charge is -2.06. The van der Waals surface area contributed by atoms with Crippen molar-refractivity contribution in [3.05, 3.63) is 76.0 Å². The van der Waals surface area contributed by atoms with Gasteiger partial charge in [-0.3, -0.25) is 0 Å². The van der Waals surface area contributed by atoms with Gasteiger partial charge >= 0.3 is 5.97 Å². The van der Waals surface area contributed by atoms with Crippen molar-refractivity contribution in [3.63, 3.8) is 0 Å². The van der Waals surface area contributed by atoms with Crippen molar-refractivity contribution >= 4 is 34.9 Å². The summed E-state index contributed by atoms with van der Waals surface area (Å²) in [6, 6.07) is 16.1. The van der Waals surface area contributed by atoms with Gasteiger partial charge < -0.3 is 14.5 Å². The Morgan fingerprint density at radius 2 is 1.85 bits per heavy atom. The van der Waals surface area contributed by atoms with Gasteiger partial charge in [0.05, 0.1) is 23.7 Å². The number of carbonyl (C=O) groups is 1. The van der Waals surface area contributed by atoms with Crippen LogP contribution in [0.1, 0.15) is 23.0 Å². The highest BCUT2D eigenvalue weighted by molar-refractivity contribution is 6.36. The van der Waals surface area contributed by atoms with Gasteiger partial charge in [-0.15, -0.1) is 0 Å². The van der Waals surface area contributed by atoms with Crippen LogP contribution in [0.3, 0.4) is 0 Å². The molecule has 0 amide bonds. The maximum atomic E-state index is 11.6. The fourth-order valence-electron chi connectivity index (χ4n) is 2.43. The van der Waals surface area contributed by atoms with E-state index in [1.54, 1.807) is 31.2 Å². The Morgan fingerprint density at radius 3 is 2.54 bits per heavy atom. The molecule has 1 N–H and O–H groups in total. The molecule has 3 rings (SSSR count). The summed E-state index contributed by atoms with van der Waals surface area (Å²) in [6.07, 6.45) is 0. The van der Waals surface area contributed by atoms with Gasteiger partial charge in [-0.1, -0.05) is 23.2 Å². The molecule has 2 aromatic carbocycles. The number of ether oxygens (including phenoxy) is 1. The molecule has 134 valence electrons. The molecule has 6 heteroatoms. The quantitative estimate of drug-likeness (QED) is 0.521. The molecule has 0 unspecified atom stereocenters. The van der Waals surface area contributed by atoms with E-state index in [9.17, 15) is 4.79 Å². The van der Waals surface area contributed by atoms with Crippen molar-refractivity contribution in [3.8, 4) is 11.3 Å². The number of hydrogen-bond acceptors (Lipinski definition) is 4. The second-order valence-electron chi connectivity index (χ2n) is 5.54. The highest BCUT2D eigenvalue weighted by Crippen LogP contribution is 2.31. The molecular formula is C20H17Cl2NO3. The molecule has 3 aromatic rings. The summed E-state index contributed by atoms with van der Waals surface area (Å²) in [5.74, 6) is 1.12. The van der Waals surface area contributed by atoms with Gasteiger partial charge in [-0.2, -0.15) is 0 Å². The molecular weight excluding hydrogens is 373 g/mol. The lowest BCUT2D eigenvalue weighted by Crippen LogP contribution is -2.05. The molecule has 26 heavy (non-hydrogen) atoms. The Morgan fingerprint density at radius 1 is 1.08 bits per heavy atom. The van der Waals surface area contributed by atoms with Crippen molar-refractivity contribution in [1.29, 1.82) is 0 Å². The van der Waals surface area contributed by atoms with E-state index in [0.29, 0.717) is 34.5 Å². The van der Waals surface area contributed by atoms with Crippen LogP contribution in [0.5, 0.6) is 0 Å². The van der Waals surface area contributed by atoms with Crippen molar-refractivity contribution in [2.75, 3.05) is 11.9 Å². The summed E-state index contributed by atoms with van der Waals surface area (Å²) >= 11 is 12.1. The van der Waals surface area contributed by atoms with E-state index >= 15 is 0 Å². The minimum atomic E-state index is -0.324. The number of carbonyl (C=O) groups excluding carboxylic acids is 1. The fraction of sp³-hybridized carbons (Fsp3) is 0.150. The predicted molar refractivity (Wildman–Crippen MR) is 104 cm³/mol. The standard InChI is InChI=1S/C20H17Cl2NO3/c1-2-25-20(24)13-3-6-15(7-4-13)23-12-16-8-10-19(26-16)17-9-5-14(21)11-18(17)22/h3-11,23H,2,12H2,1H3. The topological polar surface area (TPSA) is 51.5 Å². The van der Waals surface area contributed by atoms with E-state index in [-0.39, 0.29) is 5.97 Å². The van der Waals surface area contributed by atoms with Crippen LogP contribution in [-0.2, 0) is 11.3 Å².